The molecule has 8 nitrogen and oxygen atoms in total. The summed E-state index contributed by atoms with van der Waals surface area (Å²) in [7, 11) is 0. The largest absolute Gasteiger partial charge is 0.481 e. The summed E-state index contributed by atoms with van der Waals surface area (Å²) in [6.07, 6.45) is 1.89. The molecule has 0 fully saturated rings. The third-order valence-corrected chi connectivity index (χ3v) is 5.12. The van der Waals surface area contributed by atoms with Crippen molar-refractivity contribution in [1.29, 1.82) is 0 Å². The van der Waals surface area contributed by atoms with Gasteiger partial charge in [-0.25, -0.2) is 10.4 Å². The van der Waals surface area contributed by atoms with Crippen molar-refractivity contribution >= 4 is 40.2 Å². The number of anilines is 1. The van der Waals surface area contributed by atoms with Crippen LogP contribution in [0.5, 0.6) is 0 Å². The number of hydrogen-bond acceptors (Lipinski definition) is 7. The number of aromatic nitrogens is 1. The molecule has 1 aromatic heterocycles. The van der Waals surface area contributed by atoms with E-state index in [1.807, 2.05) is 42.6 Å². The van der Waals surface area contributed by atoms with Gasteiger partial charge in [0.15, 0.2) is 5.50 Å². The van der Waals surface area contributed by atoms with Crippen LogP contribution in [0.15, 0.2) is 53.7 Å². The van der Waals surface area contributed by atoms with Crippen molar-refractivity contribution in [2.45, 2.75) is 5.50 Å². The lowest BCUT2D eigenvalue weighted by Gasteiger charge is -2.10. The van der Waals surface area contributed by atoms with Gasteiger partial charge in [0.2, 0.25) is 0 Å². The van der Waals surface area contributed by atoms with Crippen molar-refractivity contribution in [3.63, 3.8) is 0 Å². The highest BCUT2D eigenvalue weighted by atomic mass is 32.2. The van der Waals surface area contributed by atoms with Gasteiger partial charge in [0, 0.05) is 22.7 Å². The Morgan fingerprint density at radius 3 is 2.89 bits per heavy atom. The van der Waals surface area contributed by atoms with E-state index in [0.29, 0.717) is 11.5 Å². The molecule has 27 heavy (non-hydrogen) atoms. The maximum absolute atomic E-state index is 10.7. The van der Waals surface area contributed by atoms with Gasteiger partial charge in [-0.15, -0.1) is 11.8 Å². The molecule has 2 aromatic carbocycles. The first kappa shape index (κ1) is 17.4. The predicted molar refractivity (Wildman–Crippen MR) is 106 cm³/mol. The van der Waals surface area contributed by atoms with Gasteiger partial charge in [0.25, 0.3) is 0 Å². The number of H-pyrrole nitrogens is 1. The summed E-state index contributed by atoms with van der Waals surface area (Å²) in [4.78, 5) is 18.4. The minimum atomic E-state index is -0.890. The summed E-state index contributed by atoms with van der Waals surface area (Å²) in [6.45, 7) is 0. The first-order valence-electron chi connectivity index (χ1n) is 8.19. The number of aliphatic imine (C=N–C) groups is 1. The number of aromatic amines is 1. The molecule has 1 aliphatic rings. The molecular formula is C18H17N5O3S. The Labute approximate surface area is 158 Å². The van der Waals surface area contributed by atoms with Crippen LogP contribution in [0, 0.1) is 0 Å². The molecule has 1 unspecified atom stereocenters. The van der Waals surface area contributed by atoms with E-state index in [1.54, 1.807) is 6.07 Å². The van der Waals surface area contributed by atoms with Crippen LogP contribution in [-0.2, 0) is 4.79 Å². The van der Waals surface area contributed by atoms with Crippen molar-refractivity contribution in [2.75, 3.05) is 11.2 Å². The number of thioether (sulfide) groups is 1. The van der Waals surface area contributed by atoms with E-state index in [2.05, 4.69) is 26.3 Å². The Morgan fingerprint density at radius 2 is 2.07 bits per heavy atom. The molecule has 0 aliphatic carbocycles. The summed E-state index contributed by atoms with van der Waals surface area (Å²) in [5.41, 5.74) is 12.0. The third kappa shape index (κ3) is 3.61. The number of nitrogens with one attached hydrogen (secondary N) is 4. The van der Waals surface area contributed by atoms with E-state index in [9.17, 15) is 10.0 Å². The molecule has 2 heterocycles. The molecule has 0 radical (unpaired) electrons. The Morgan fingerprint density at radius 1 is 1.22 bits per heavy atom. The minimum Gasteiger partial charge on any atom is -0.481 e. The monoisotopic (exact) mass is 383 g/mol. The standard InChI is InChI=1S/C18H17N5O3S/c24-16(25)9-27-18-20-17(21-22-18)11-6-10(7-12(8-11)23-26)13-2-1-3-15-14(13)4-5-19-15/h1-8,18-19,22-23,26H,9H2,(H,20,21)(H,24,25). The molecule has 138 valence electrons. The number of nitrogens with zero attached hydrogens (tertiary/aromatic N) is 1. The molecule has 0 spiro atoms. The van der Waals surface area contributed by atoms with Crippen LogP contribution in [0.25, 0.3) is 22.0 Å². The highest BCUT2D eigenvalue weighted by Gasteiger charge is 2.20. The highest BCUT2D eigenvalue weighted by Crippen LogP contribution is 2.31. The highest BCUT2D eigenvalue weighted by molar-refractivity contribution is 8.00. The zero-order valence-electron chi connectivity index (χ0n) is 14.1. The van der Waals surface area contributed by atoms with Crippen LogP contribution < -0.4 is 16.3 Å². The number of amidine groups is 1. The van der Waals surface area contributed by atoms with Crippen LogP contribution in [0.4, 0.5) is 5.69 Å². The van der Waals surface area contributed by atoms with Crippen molar-refractivity contribution in [1.82, 2.24) is 15.8 Å². The van der Waals surface area contributed by atoms with Gasteiger partial charge < -0.3 is 15.5 Å². The number of fused-ring (bicyclic) bond motifs is 1. The van der Waals surface area contributed by atoms with Crippen molar-refractivity contribution in [3.8, 4) is 11.1 Å². The number of aliphatic carboxylic acids is 1. The number of benzene rings is 2. The van der Waals surface area contributed by atoms with Crippen LogP contribution in [0.2, 0.25) is 0 Å². The van der Waals surface area contributed by atoms with Crippen LogP contribution >= 0.6 is 11.8 Å². The quantitative estimate of drug-likeness (QED) is 0.362. The number of carboxylic acid groups (broad SMARTS) is 1. The van der Waals surface area contributed by atoms with Gasteiger partial charge in [0.05, 0.1) is 11.4 Å². The van der Waals surface area contributed by atoms with E-state index >= 15 is 0 Å². The summed E-state index contributed by atoms with van der Waals surface area (Å²) in [5, 5.41) is 19.3. The second-order valence-corrected chi connectivity index (χ2v) is 7.03. The van der Waals surface area contributed by atoms with Crippen molar-refractivity contribution < 1.29 is 15.1 Å². The first-order valence-corrected chi connectivity index (χ1v) is 9.24. The lowest BCUT2D eigenvalue weighted by Crippen LogP contribution is -2.34. The summed E-state index contributed by atoms with van der Waals surface area (Å²) < 4.78 is 0. The first-order chi connectivity index (χ1) is 13.1. The zero-order chi connectivity index (χ0) is 18.8. The minimum absolute atomic E-state index is 0.0465. The van der Waals surface area contributed by atoms with Crippen molar-refractivity contribution in [2.24, 2.45) is 4.99 Å². The number of hydrazine groups is 1. The smallest absolute Gasteiger partial charge is 0.313 e. The van der Waals surface area contributed by atoms with Crippen LogP contribution in [0.1, 0.15) is 5.56 Å². The topological polar surface area (TPSA) is 122 Å². The summed E-state index contributed by atoms with van der Waals surface area (Å²) in [6, 6.07) is 13.6. The molecule has 0 bridgehead atoms. The van der Waals surface area contributed by atoms with E-state index in [-0.39, 0.29) is 5.75 Å². The Kier molecular flexibility index (Phi) is 4.71. The zero-order valence-corrected chi connectivity index (χ0v) is 14.9. The van der Waals surface area contributed by atoms with Crippen LogP contribution in [0.3, 0.4) is 0 Å². The Balaban J connectivity index is 1.71. The second-order valence-electron chi connectivity index (χ2n) is 5.96. The second kappa shape index (κ2) is 7.31. The Hall–Kier alpha value is -3.01. The van der Waals surface area contributed by atoms with Gasteiger partial charge in [-0.05, 0) is 41.5 Å². The molecule has 1 aliphatic heterocycles. The third-order valence-electron chi connectivity index (χ3n) is 4.17. The molecule has 0 amide bonds. The fourth-order valence-corrected chi connectivity index (χ4v) is 3.63. The fourth-order valence-electron chi connectivity index (χ4n) is 3.01. The number of carboxylic acids is 1. The van der Waals surface area contributed by atoms with Crippen molar-refractivity contribution in [3.05, 3.63) is 54.2 Å². The average molecular weight is 383 g/mol. The average Bonchev–Trinajstić information content (AvgIpc) is 3.35. The Bertz CT molecular complexity index is 1030. The fraction of sp³-hybridized carbons (Fsp3) is 0.111. The molecule has 9 heteroatoms. The molecule has 0 saturated carbocycles. The molecule has 4 rings (SSSR count). The van der Waals surface area contributed by atoms with Gasteiger partial charge in [-0.1, -0.05) is 12.1 Å². The van der Waals surface area contributed by atoms with Gasteiger partial charge in [-0.2, -0.15) is 0 Å². The maximum atomic E-state index is 10.7. The molecule has 3 aromatic rings. The molecular weight excluding hydrogens is 366 g/mol. The van der Waals surface area contributed by atoms with E-state index in [4.69, 9.17) is 5.11 Å². The lowest BCUT2D eigenvalue weighted by molar-refractivity contribution is -0.133. The van der Waals surface area contributed by atoms with E-state index < -0.39 is 11.5 Å². The van der Waals surface area contributed by atoms with E-state index in [0.717, 1.165) is 27.6 Å². The van der Waals surface area contributed by atoms with Crippen LogP contribution in [-0.4, -0.2) is 38.4 Å². The van der Waals surface area contributed by atoms with Gasteiger partial charge in [-0.3, -0.25) is 15.5 Å². The predicted octanol–water partition coefficient (Wildman–Crippen LogP) is 2.59. The number of rotatable bonds is 6. The lowest BCUT2D eigenvalue weighted by atomic mass is 9.98. The SMILES string of the molecule is O=C(O)CSC1N=C(c2cc(NO)cc(-c3cccc4[nH]ccc34)c2)NN1. The normalized spacial score (nSPS) is 16.2. The molecule has 6 N–H and O–H groups in total. The molecule has 1 atom stereocenters. The summed E-state index contributed by atoms with van der Waals surface area (Å²) in [5.74, 6) is -0.356. The number of carbonyl (C=O) groups is 1. The molecule has 0 saturated heterocycles. The summed E-state index contributed by atoms with van der Waals surface area (Å²) >= 11 is 1.17. The van der Waals surface area contributed by atoms with Gasteiger partial charge >= 0.3 is 5.97 Å². The number of hydrogen-bond donors (Lipinski definition) is 6. The maximum Gasteiger partial charge on any atom is 0.313 e. The van der Waals surface area contributed by atoms with E-state index in [1.165, 1.54) is 11.8 Å². The van der Waals surface area contributed by atoms with Gasteiger partial charge in [0.1, 0.15) is 5.84 Å².